The van der Waals surface area contributed by atoms with Crippen molar-refractivity contribution in [3.63, 3.8) is 0 Å². The van der Waals surface area contributed by atoms with Crippen molar-refractivity contribution >= 4 is 21.4 Å². The highest BCUT2D eigenvalue weighted by atomic mass is 32.2. The van der Waals surface area contributed by atoms with Crippen molar-refractivity contribution in [1.29, 1.82) is 5.26 Å². The van der Waals surface area contributed by atoms with Crippen LogP contribution < -0.4 is 10.6 Å². The normalized spacial score (nSPS) is 13.9. The van der Waals surface area contributed by atoms with Crippen molar-refractivity contribution in [2.75, 3.05) is 17.6 Å². The Bertz CT molecular complexity index is 690. The van der Waals surface area contributed by atoms with Crippen molar-refractivity contribution in [2.24, 2.45) is 5.92 Å². The Kier molecular flexibility index (Phi) is 6.16. The fraction of sp³-hybridized carbons (Fsp3) is 0.500. The van der Waals surface area contributed by atoms with Crippen molar-refractivity contribution < 1.29 is 13.2 Å². The molecule has 0 radical (unpaired) electrons. The van der Waals surface area contributed by atoms with Gasteiger partial charge in [0.2, 0.25) is 5.91 Å². The molecule has 1 atom stereocenters. The van der Waals surface area contributed by atoms with Gasteiger partial charge in [-0.3, -0.25) is 4.79 Å². The molecule has 1 aromatic rings. The molecule has 7 heteroatoms. The van der Waals surface area contributed by atoms with Crippen LogP contribution in [0.1, 0.15) is 27.7 Å². The molecule has 0 heterocycles. The Morgan fingerprint density at radius 2 is 1.87 bits per heavy atom. The van der Waals surface area contributed by atoms with E-state index in [4.69, 9.17) is 0 Å². The van der Waals surface area contributed by atoms with Gasteiger partial charge in [-0.15, -0.1) is 0 Å². The monoisotopic (exact) mass is 337 g/mol. The van der Waals surface area contributed by atoms with Gasteiger partial charge in [0.25, 0.3) is 0 Å². The molecule has 2 N–H and O–H groups in total. The molecule has 0 fully saturated rings. The summed E-state index contributed by atoms with van der Waals surface area (Å²) >= 11 is 0. The van der Waals surface area contributed by atoms with Crippen LogP contribution in [-0.2, 0) is 14.6 Å². The van der Waals surface area contributed by atoms with Gasteiger partial charge in [-0.1, -0.05) is 20.8 Å². The largest absolute Gasteiger partial charge is 0.376 e. The first-order valence-corrected chi connectivity index (χ1v) is 9.09. The van der Waals surface area contributed by atoms with Crippen LogP contribution >= 0.6 is 0 Å². The van der Waals surface area contributed by atoms with E-state index in [1.54, 1.807) is 26.0 Å². The average molecular weight is 337 g/mol. The summed E-state index contributed by atoms with van der Waals surface area (Å²) in [6.45, 7) is 7.00. The maximum absolute atomic E-state index is 11.9. The molecule has 1 aromatic carbocycles. The number of carbonyl (C=O) groups is 1. The van der Waals surface area contributed by atoms with Crippen LogP contribution in [0, 0.1) is 17.2 Å². The average Bonchev–Trinajstić information content (AvgIpc) is 2.53. The molecule has 0 saturated heterocycles. The predicted molar refractivity (Wildman–Crippen MR) is 89.7 cm³/mol. The van der Waals surface area contributed by atoms with E-state index in [1.165, 1.54) is 12.1 Å². The van der Waals surface area contributed by atoms with Crippen LogP contribution in [0.3, 0.4) is 0 Å². The number of nitrogens with one attached hydrogen (secondary N) is 2. The van der Waals surface area contributed by atoms with Crippen LogP contribution in [0.25, 0.3) is 0 Å². The Morgan fingerprint density at radius 1 is 1.30 bits per heavy atom. The van der Waals surface area contributed by atoms with Crippen LogP contribution in [-0.4, -0.2) is 32.2 Å². The lowest BCUT2D eigenvalue weighted by Crippen LogP contribution is -2.50. The zero-order chi connectivity index (χ0) is 17.7. The lowest BCUT2D eigenvalue weighted by molar-refractivity contribution is -0.121. The van der Waals surface area contributed by atoms with Gasteiger partial charge < -0.3 is 10.6 Å². The second-order valence-corrected chi connectivity index (χ2v) is 8.08. The van der Waals surface area contributed by atoms with Crippen LogP contribution in [0.2, 0.25) is 0 Å². The van der Waals surface area contributed by atoms with E-state index in [1.807, 2.05) is 13.8 Å². The molecule has 0 aliphatic heterocycles. The Hall–Kier alpha value is -2.07. The number of sulfone groups is 1. The standard InChI is InChI=1S/C16H23N3O3S/c1-5-23(21,22)14-8-6-13(7-9-14)18-10-15(20)19-16(4,11-17)12(2)3/h6-9,12,18H,5,10H2,1-4H3,(H,19,20). The molecule has 0 spiro atoms. The van der Waals surface area contributed by atoms with Crippen molar-refractivity contribution in [3.05, 3.63) is 24.3 Å². The third-order valence-corrected chi connectivity index (χ3v) is 5.58. The van der Waals surface area contributed by atoms with Crippen molar-refractivity contribution in [1.82, 2.24) is 5.32 Å². The first-order valence-electron chi connectivity index (χ1n) is 7.43. The Labute approximate surface area is 137 Å². The minimum atomic E-state index is -3.23. The van der Waals surface area contributed by atoms with Gasteiger partial charge in [-0.05, 0) is 37.1 Å². The number of nitriles is 1. The maximum atomic E-state index is 11.9. The van der Waals surface area contributed by atoms with Gasteiger partial charge in [0, 0.05) is 5.69 Å². The molecule has 1 amide bonds. The summed E-state index contributed by atoms with van der Waals surface area (Å²) in [4.78, 5) is 12.2. The molecule has 126 valence electrons. The van der Waals surface area contributed by atoms with Crippen molar-refractivity contribution in [2.45, 2.75) is 38.1 Å². The molecule has 0 aromatic heterocycles. The van der Waals surface area contributed by atoms with E-state index in [0.29, 0.717) is 5.69 Å². The van der Waals surface area contributed by atoms with E-state index >= 15 is 0 Å². The third-order valence-electron chi connectivity index (χ3n) is 3.83. The lowest BCUT2D eigenvalue weighted by Gasteiger charge is -2.27. The molecule has 0 aliphatic rings. The molecule has 6 nitrogen and oxygen atoms in total. The summed E-state index contributed by atoms with van der Waals surface area (Å²) in [5.41, 5.74) is -0.281. The number of rotatable bonds is 7. The number of hydrogen-bond acceptors (Lipinski definition) is 5. The Morgan fingerprint density at radius 3 is 2.30 bits per heavy atom. The zero-order valence-electron chi connectivity index (χ0n) is 13.9. The van der Waals surface area contributed by atoms with Crippen LogP contribution in [0.4, 0.5) is 5.69 Å². The summed E-state index contributed by atoms with van der Waals surface area (Å²) in [5, 5.41) is 14.8. The highest BCUT2D eigenvalue weighted by Crippen LogP contribution is 2.16. The summed E-state index contributed by atoms with van der Waals surface area (Å²) in [6.07, 6.45) is 0. The lowest BCUT2D eigenvalue weighted by atomic mass is 9.90. The number of carbonyl (C=O) groups excluding carboxylic acids is 1. The number of hydrogen-bond donors (Lipinski definition) is 2. The van der Waals surface area contributed by atoms with Gasteiger partial charge >= 0.3 is 0 Å². The van der Waals surface area contributed by atoms with E-state index < -0.39 is 15.4 Å². The molecular weight excluding hydrogens is 314 g/mol. The fourth-order valence-corrected chi connectivity index (χ4v) is 2.65. The molecule has 0 bridgehead atoms. The van der Waals surface area contributed by atoms with Gasteiger partial charge in [0.1, 0.15) is 5.54 Å². The second-order valence-electron chi connectivity index (χ2n) is 5.80. The number of benzene rings is 1. The van der Waals surface area contributed by atoms with Gasteiger partial charge in [0.15, 0.2) is 9.84 Å². The molecule has 23 heavy (non-hydrogen) atoms. The van der Waals surface area contributed by atoms with Crippen LogP contribution in [0.5, 0.6) is 0 Å². The van der Waals surface area contributed by atoms with Gasteiger partial charge in [-0.2, -0.15) is 5.26 Å². The first-order chi connectivity index (χ1) is 10.6. The van der Waals surface area contributed by atoms with Crippen molar-refractivity contribution in [3.8, 4) is 6.07 Å². The molecular formula is C16H23N3O3S. The quantitative estimate of drug-likeness (QED) is 0.792. The zero-order valence-corrected chi connectivity index (χ0v) is 14.7. The summed E-state index contributed by atoms with van der Waals surface area (Å²) < 4.78 is 23.4. The second kappa shape index (κ2) is 7.47. The van der Waals surface area contributed by atoms with E-state index in [0.717, 1.165) is 0 Å². The minimum Gasteiger partial charge on any atom is -0.376 e. The van der Waals surface area contributed by atoms with Gasteiger partial charge in [-0.25, -0.2) is 8.42 Å². The minimum absolute atomic E-state index is 0.00383. The van der Waals surface area contributed by atoms with E-state index in [-0.39, 0.29) is 29.0 Å². The number of nitrogens with zero attached hydrogens (tertiary/aromatic N) is 1. The molecule has 0 aliphatic carbocycles. The highest BCUT2D eigenvalue weighted by Gasteiger charge is 2.29. The third kappa shape index (κ3) is 4.96. The van der Waals surface area contributed by atoms with Crippen LogP contribution in [0.15, 0.2) is 29.2 Å². The maximum Gasteiger partial charge on any atom is 0.240 e. The summed E-state index contributed by atoms with van der Waals surface area (Å²) in [7, 11) is -3.23. The van der Waals surface area contributed by atoms with E-state index in [2.05, 4.69) is 16.7 Å². The number of anilines is 1. The predicted octanol–water partition coefficient (Wildman–Crippen LogP) is 1.95. The number of amides is 1. The SMILES string of the molecule is CCS(=O)(=O)c1ccc(NCC(=O)NC(C)(C#N)C(C)C)cc1. The summed E-state index contributed by atoms with van der Waals surface area (Å²) in [6, 6.07) is 8.35. The Balaban J connectivity index is 2.66. The topological polar surface area (TPSA) is 99.1 Å². The molecule has 1 unspecified atom stereocenters. The van der Waals surface area contributed by atoms with E-state index in [9.17, 15) is 18.5 Å². The van der Waals surface area contributed by atoms with Gasteiger partial charge in [0.05, 0.1) is 23.3 Å². The first kappa shape index (κ1) is 19.0. The fourth-order valence-electron chi connectivity index (χ4n) is 1.76. The highest BCUT2D eigenvalue weighted by molar-refractivity contribution is 7.91. The summed E-state index contributed by atoms with van der Waals surface area (Å²) in [5.74, 6) is -0.271. The smallest absolute Gasteiger partial charge is 0.240 e. The molecule has 1 rings (SSSR count). The molecule has 0 saturated carbocycles.